The SMILES string of the molecule is Cc1cccc(F)c1N1CCC(c2cc3nccnc3n(C3CCc4nccnc43)c2=O)CC1. The van der Waals surface area contributed by atoms with Gasteiger partial charge in [-0.25, -0.2) is 9.37 Å². The van der Waals surface area contributed by atoms with Crippen LogP contribution in [0.1, 0.15) is 53.7 Å². The minimum atomic E-state index is -0.198. The molecule has 1 atom stereocenters. The summed E-state index contributed by atoms with van der Waals surface area (Å²) in [5.74, 6) is -0.112. The van der Waals surface area contributed by atoms with Gasteiger partial charge in [0.15, 0.2) is 5.65 Å². The Bertz CT molecular complexity index is 1420. The molecule has 0 bridgehead atoms. The summed E-state index contributed by atoms with van der Waals surface area (Å²) >= 11 is 0. The number of para-hydroxylation sites is 1. The van der Waals surface area contributed by atoms with Crippen LogP contribution in [0.15, 0.2) is 53.8 Å². The normalized spacial score (nSPS) is 18.4. The van der Waals surface area contributed by atoms with Crippen molar-refractivity contribution in [1.29, 1.82) is 0 Å². The predicted molar refractivity (Wildman–Crippen MR) is 128 cm³/mol. The molecule has 1 fully saturated rings. The van der Waals surface area contributed by atoms with E-state index in [-0.39, 0.29) is 23.3 Å². The number of piperidine rings is 1. The number of halogens is 1. The van der Waals surface area contributed by atoms with E-state index in [1.165, 1.54) is 6.07 Å². The lowest BCUT2D eigenvalue weighted by atomic mass is 9.89. The number of hydrogen-bond donors (Lipinski definition) is 0. The topological polar surface area (TPSA) is 76.8 Å². The van der Waals surface area contributed by atoms with E-state index in [1.54, 1.807) is 35.4 Å². The molecule has 4 heterocycles. The summed E-state index contributed by atoms with van der Waals surface area (Å²) in [5, 5.41) is 0. The van der Waals surface area contributed by atoms with Gasteiger partial charge in [0.25, 0.3) is 5.56 Å². The van der Waals surface area contributed by atoms with E-state index in [0.717, 1.165) is 48.2 Å². The molecule has 0 spiro atoms. The van der Waals surface area contributed by atoms with Crippen molar-refractivity contribution in [1.82, 2.24) is 24.5 Å². The van der Waals surface area contributed by atoms with Gasteiger partial charge in [0.05, 0.1) is 23.1 Å². The number of anilines is 1. The molecule has 0 saturated carbocycles. The molecule has 8 heteroatoms. The van der Waals surface area contributed by atoms with Gasteiger partial charge >= 0.3 is 0 Å². The van der Waals surface area contributed by atoms with E-state index in [4.69, 9.17) is 0 Å². The van der Waals surface area contributed by atoms with Crippen LogP contribution in [-0.2, 0) is 6.42 Å². The fourth-order valence-corrected chi connectivity index (χ4v) is 5.60. The zero-order valence-electron chi connectivity index (χ0n) is 19.0. The van der Waals surface area contributed by atoms with Crippen LogP contribution in [0.3, 0.4) is 0 Å². The number of rotatable bonds is 3. The molecule has 34 heavy (non-hydrogen) atoms. The van der Waals surface area contributed by atoms with Crippen molar-refractivity contribution in [2.24, 2.45) is 0 Å². The van der Waals surface area contributed by atoms with Crippen LogP contribution in [0.2, 0.25) is 0 Å². The minimum Gasteiger partial charge on any atom is -0.369 e. The number of hydrogen-bond acceptors (Lipinski definition) is 6. The van der Waals surface area contributed by atoms with E-state index in [9.17, 15) is 9.18 Å². The number of benzene rings is 1. The third-order valence-corrected chi connectivity index (χ3v) is 7.22. The largest absolute Gasteiger partial charge is 0.369 e. The zero-order valence-corrected chi connectivity index (χ0v) is 19.0. The van der Waals surface area contributed by atoms with E-state index in [1.807, 2.05) is 19.1 Å². The van der Waals surface area contributed by atoms with Gasteiger partial charge < -0.3 is 4.90 Å². The minimum absolute atomic E-state index is 0.0305. The Labute approximate surface area is 196 Å². The van der Waals surface area contributed by atoms with Crippen molar-refractivity contribution in [3.05, 3.63) is 87.7 Å². The number of fused-ring (bicyclic) bond motifs is 2. The average molecular weight is 457 g/mol. The maximum absolute atomic E-state index is 14.5. The molecule has 3 aromatic heterocycles. The van der Waals surface area contributed by atoms with Gasteiger partial charge in [-0.3, -0.25) is 24.3 Å². The molecular formula is C26H25FN6O. The van der Waals surface area contributed by atoms with Crippen LogP contribution in [-0.4, -0.2) is 37.6 Å². The van der Waals surface area contributed by atoms with Gasteiger partial charge in [0, 0.05) is 43.4 Å². The lowest BCUT2D eigenvalue weighted by Gasteiger charge is -2.35. The van der Waals surface area contributed by atoms with Gasteiger partial charge in [-0.1, -0.05) is 12.1 Å². The molecule has 0 N–H and O–H groups in total. The first-order valence-corrected chi connectivity index (χ1v) is 11.8. The third-order valence-electron chi connectivity index (χ3n) is 7.22. The first-order valence-electron chi connectivity index (χ1n) is 11.8. The molecule has 4 aromatic rings. The molecule has 2 aliphatic rings. The Morgan fingerprint density at radius 3 is 2.56 bits per heavy atom. The highest BCUT2D eigenvalue weighted by Gasteiger charge is 2.32. The summed E-state index contributed by atoms with van der Waals surface area (Å²) in [6.45, 7) is 3.33. The highest BCUT2D eigenvalue weighted by atomic mass is 19.1. The molecule has 0 radical (unpaired) electrons. The van der Waals surface area contributed by atoms with Gasteiger partial charge in [0.2, 0.25) is 0 Å². The number of aromatic nitrogens is 5. The summed E-state index contributed by atoms with van der Waals surface area (Å²) in [6.07, 6.45) is 9.76. The van der Waals surface area contributed by atoms with Crippen molar-refractivity contribution < 1.29 is 4.39 Å². The Kier molecular flexibility index (Phi) is 5.08. The van der Waals surface area contributed by atoms with Crippen LogP contribution in [0.5, 0.6) is 0 Å². The van der Waals surface area contributed by atoms with Crippen molar-refractivity contribution in [2.75, 3.05) is 18.0 Å². The predicted octanol–water partition coefficient (Wildman–Crippen LogP) is 3.95. The molecule has 1 aliphatic heterocycles. The second-order valence-electron chi connectivity index (χ2n) is 9.15. The Morgan fingerprint density at radius 2 is 1.74 bits per heavy atom. The number of aryl methyl sites for hydroxylation is 2. The second kappa shape index (κ2) is 8.27. The molecule has 1 aliphatic carbocycles. The maximum Gasteiger partial charge on any atom is 0.256 e. The zero-order chi connectivity index (χ0) is 23.2. The number of nitrogens with zero attached hydrogens (tertiary/aromatic N) is 6. The van der Waals surface area contributed by atoms with Gasteiger partial charge in [-0.2, -0.15) is 0 Å². The second-order valence-corrected chi connectivity index (χ2v) is 9.15. The fourth-order valence-electron chi connectivity index (χ4n) is 5.60. The van der Waals surface area contributed by atoms with Crippen LogP contribution < -0.4 is 10.5 Å². The lowest BCUT2D eigenvalue weighted by molar-refractivity contribution is 0.485. The number of pyridine rings is 1. The quantitative estimate of drug-likeness (QED) is 0.465. The Balaban J connectivity index is 1.38. The fraction of sp³-hybridized carbons (Fsp3) is 0.346. The van der Waals surface area contributed by atoms with Crippen LogP contribution in [0.4, 0.5) is 10.1 Å². The van der Waals surface area contributed by atoms with Crippen LogP contribution in [0.25, 0.3) is 11.2 Å². The van der Waals surface area contributed by atoms with Crippen molar-refractivity contribution in [2.45, 2.75) is 44.6 Å². The van der Waals surface area contributed by atoms with Crippen molar-refractivity contribution in [3.63, 3.8) is 0 Å². The molecule has 1 saturated heterocycles. The smallest absolute Gasteiger partial charge is 0.256 e. The van der Waals surface area contributed by atoms with E-state index >= 15 is 0 Å². The maximum atomic E-state index is 14.5. The first kappa shape index (κ1) is 20.9. The third kappa shape index (κ3) is 3.36. The van der Waals surface area contributed by atoms with Crippen molar-refractivity contribution in [3.8, 4) is 0 Å². The van der Waals surface area contributed by atoms with Gasteiger partial charge in [-0.15, -0.1) is 0 Å². The van der Waals surface area contributed by atoms with E-state index in [2.05, 4.69) is 24.8 Å². The molecule has 1 aromatic carbocycles. The first-order chi connectivity index (χ1) is 16.6. The molecule has 7 nitrogen and oxygen atoms in total. The van der Waals surface area contributed by atoms with E-state index in [0.29, 0.717) is 29.9 Å². The highest BCUT2D eigenvalue weighted by molar-refractivity contribution is 5.71. The van der Waals surface area contributed by atoms with Crippen LogP contribution >= 0.6 is 0 Å². The van der Waals surface area contributed by atoms with Gasteiger partial charge in [0.1, 0.15) is 11.3 Å². The Hall–Kier alpha value is -3.68. The lowest BCUT2D eigenvalue weighted by Crippen LogP contribution is -2.37. The standard InChI is InChI=1S/C26H25FN6O/c1-16-3-2-4-19(27)24(16)32-13-7-17(8-14-32)18-15-21-25(31-12-10-29-21)33(26(18)34)22-6-5-20-23(22)30-11-9-28-20/h2-4,9-12,15,17,22H,5-8,13-14H2,1H3. The summed E-state index contributed by atoms with van der Waals surface area (Å²) in [6, 6.07) is 6.90. The molecule has 1 unspecified atom stereocenters. The summed E-state index contributed by atoms with van der Waals surface area (Å²) in [4.78, 5) is 34.1. The van der Waals surface area contributed by atoms with Crippen molar-refractivity contribution >= 4 is 16.9 Å². The Morgan fingerprint density at radius 1 is 0.971 bits per heavy atom. The highest BCUT2D eigenvalue weighted by Crippen LogP contribution is 2.35. The molecule has 6 rings (SSSR count). The summed E-state index contributed by atoms with van der Waals surface area (Å²) in [7, 11) is 0. The average Bonchev–Trinajstić information content (AvgIpc) is 3.28. The summed E-state index contributed by atoms with van der Waals surface area (Å²) < 4.78 is 16.3. The molecule has 172 valence electrons. The molecule has 0 amide bonds. The van der Waals surface area contributed by atoms with Gasteiger partial charge in [-0.05, 0) is 56.2 Å². The van der Waals surface area contributed by atoms with Crippen LogP contribution in [0, 0.1) is 12.7 Å². The summed E-state index contributed by atoms with van der Waals surface area (Å²) in [5.41, 5.74) is 5.41. The van der Waals surface area contributed by atoms with E-state index < -0.39 is 0 Å². The molecular weight excluding hydrogens is 431 g/mol. The monoisotopic (exact) mass is 456 g/mol.